The summed E-state index contributed by atoms with van der Waals surface area (Å²) in [5.41, 5.74) is 1.21. The van der Waals surface area contributed by atoms with Crippen molar-refractivity contribution in [3.8, 4) is 0 Å². The van der Waals surface area contributed by atoms with Gasteiger partial charge in [-0.1, -0.05) is 54.6 Å². The summed E-state index contributed by atoms with van der Waals surface area (Å²) in [6.45, 7) is 3.49. The van der Waals surface area contributed by atoms with E-state index in [-0.39, 0.29) is 5.56 Å². The second kappa shape index (κ2) is 11.4. The van der Waals surface area contributed by atoms with E-state index in [1.807, 2.05) is 0 Å². The van der Waals surface area contributed by atoms with E-state index >= 15 is 0 Å². The van der Waals surface area contributed by atoms with Crippen LogP contribution in [0.4, 0.5) is 0 Å². The molecule has 0 atom stereocenters. The Morgan fingerprint density at radius 1 is 0.629 bits per heavy atom. The van der Waals surface area contributed by atoms with Crippen molar-refractivity contribution in [2.24, 2.45) is 0 Å². The first-order valence-electron chi connectivity index (χ1n) is 11.1. The molecule has 0 aliphatic rings. The van der Waals surface area contributed by atoms with Gasteiger partial charge in [0.25, 0.3) is 0 Å². The predicted octanol–water partition coefficient (Wildman–Crippen LogP) is 4.21. The Labute approximate surface area is 204 Å². The van der Waals surface area contributed by atoms with Crippen molar-refractivity contribution in [2.75, 3.05) is 19.8 Å². The van der Waals surface area contributed by atoms with Crippen LogP contribution in [0.2, 0.25) is 0 Å². The SMILES string of the molecule is Cc1ccccc1C(=O)OCC(CO)(COC(=O)c1ccccc1C)OC(=O)c1ccccc1C. The van der Waals surface area contributed by atoms with Gasteiger partial charge in [-0.2, -0.15) is 0 Å². The molecule has 7 nitrogen and oxygen atoms in total. The molecular weight excluding hydrogens is 448 g/mol. The number of aliphatic hydroxyl groups is 1. The highest BCUT2D eigenvalue weighted by atomic mass is 16.6. The van der Waals surface area contributed by atoms with Gasteiger partial charge < -0.3 is 19.3 Å². The maximum atomic E-state index is 13.0. The number of hydrogen-bond donors (Lipinski definition) is 1. The van der Waals surface area contributed by atoms with Crippen LogP contribution >= 0.6 is 0 Å². The minimum absolute atomic E-state index is 0.279. The quantitative estimate of drug-likeness (QED) is 0.365. The molecule has 182 valence electrons. The Bertz CT molecular complexity index is 1150. The van der Waals surface area contributed by atoms with E-state index in [1.165, 1.54) is 0 Å². The zero-order valence-electron chi connectivity index (χ0n) is 19.9. The third-order valence-electron chi connectivity index (χ3n) is 5.62. The number of carbonyl (C=O) groups excluding carboxylic acids is 3. The van der Waals surface area contributed by atoms with Gasteiger partial charge >= 0.3 is 17.9 Å². The van der Waals surface area contributed by atoms with Crippen molar-refractivity contribution in [2.45, 2.75) is 26.4 Å². The molecule has 0 saturated carbocycles. The van der Waals surface area contributed by atoms with E-state index in [9.17, 15) is 19.5 Å². The van der Waals surface area contributed by atoms with Crippen molar-refractivity contribution >= 4 is 17.9 Å². The second-order valence-electron chi connectivity index (χ2n) is 8.33. The number of aliphatic hydroxyl groups excluding tert-OH is 1. The van der Waals surface area contributed by atoms with Crippen LogP contribution in [-0.2, 0) is 14.2 Å². The summed E-state index contributed by atoms with van der Waals surface area (Å²) in [5, 5.41) is 10.3. The number of esters is 3. The maximum Gasteiger partial charge on any atom is 0.339 e. The van der Waals surface area contributed by atoms with Crippen LogP contribution in [0.15, 0.2) is 72.8 Å². The van der Waals surface area contributed by atoms with Crippen LogP contribution in [-0.4, -0.2) is 48.4 Å². The van der Waals surface area contributed by atoms with Gasteiger partial charge in [0.1, 0.15) is 13.2 Å². The number of hydrogen-bond acceptors (Lipinski definition) is 7. The monoisotopic (exact) mass is 476 g/mol. The molecule has 35 heavy (non-hydrogen) atoms. The van der Waals surface area contributed by atoms with Gasteiger partial charge in [-0.05, 0) is 55.7 Å². The number of benzene rings is 3. The summed E-state index contributed by atoms with van der Waals surface area (Å²) in [6.07, 6.45) is 0. The number of carbonyl (C=O) groups is 3. The lowest BCUT2D eigenvalue weighted by atomic mass is 10.1. The lowest BCUT2D eigenvalue weighted by molar-refractivity contribution is -0.107. The van der Waals surface area contributed by atoms with Crippen molar-refractivity contribution < 1.29 is 33.7 Å². The lowest BCUT2D eigenvalue weighted by Gasteiger charge is -2.31. The van der Waals surface area contributed by atoms with Gasteiger partial charge in [-0.25, -0.2) is 14.4 Å². The van der Waals surface area contributed by atoms with E-state index in [1.54, 1.807) is 93.6 Å². The van der Waals surface area contributed by atoms with Crippen LogP contribution in [0.5, 0.6) is 0 Å². The van der Waals surface area contributed by atoms with Gasteiger partial charge in [-0.15, -0.1) is 0 Å². The average Bonchev–Trinajstić information content (AvgIpc) is 2.86. The zero-order chi connectivity index (χ0) is 25.4. The van der Waals surface area contributed by atoms with Crippen LogP contribution in [0, 0.1) is 20.8 Å². The van der Waals surface area contributed by atoms with Gasteiger partial charge in [0, 0.05) is 0 Å². The Hall–Kier alpha value is -3.97. The minimum atomic E-state index is -1.81. The predicted molar refractivity (Wildman–Crippen MR) is 129 cm³/mol. The van der Waals surface area contributed by atoms with Crippen LogP contribution in [0.3, 0.4) is 0 Å². The first-order valence-corrected chi connectivity index (χ1v) is 11.1. The van der Waals surface area contributed by atoms with Gasteiger partial charge in [0.05, 0.1) is 23.3 Å². The molecule has 0 aliphatic carbocycles. The molecule has 0 radical (unpaired) electrons. The highest BCUT2D eigenvalue weighted by molar-refractivity contribution is 5.92. The number of rotatable bonds is 9. The molecule has 0 aliphatic heterocycles. The molecule has 0 fully saturated rings. The lowest BCUT2D eigenvalue weighted by Crippen LogP contribution is -2.49. The van der Waals surface area contributed by atoms with Gasteiger partial charge in [0.2, 0.25) is 5.60 Å². The summed E-state index contributed by atoms with van der Waals surface area (Å²) >= 11 is 0. The average molecular weight is 477 g/mol. The third kappa shape index (κ3) is 6.33. The van der Waals surface area contributed by atoms with Crippen LogP contribution < -0.4 is 0 Å². The minimum Gasteiger partial charge on any atom is -0.458 e. The molecule has 3 rings (SSSR count). The van der Waals surface area contributed by atoms with Crippen LogP contribution in [0.1, 0.15) is 47.8 Å². The largest absolute Gasteiger partial charge is 0.458 e. The molecular formula is C28H28O7. The Kier molecular flexibility index (Phi) is 8.39. The third-order valence-corrected chi connectivity index (χ3v) is 5.62. The van der Waals surface area contributed by atoms with Crippen molar-refractivity contribution in [3.63, 3.8) is 0 Å². The van der Waals surface area contributed by atoms with E-state index in [0.717, 1.165) is 0 Å². The summed E-state index contributed by atoms with van der Waals surface area (Å²) in [4.78, 5) is 38.3. The Morgan fingerprint density at radius 2 is 0.971 bits per heavy atom. The highest BCUT2D eigenvalue weighted by Crippen LogP contribution is 2.20. The molecule has 0 saturated heterocycles. The molecule has 0 heterocycles. The number of ether oxygens (including phenoxy) is 3. The topological polar surface area (TPSA) is 99.1 Å². The maximum absolute atomic E-state index is 13.0. The number of aryl methyl sites for hydroxylation is 3. The molecule has 0 unspecified atom stereocenters. The molecule has 1 N–H and O–H groups in total. The Morgan fingerprint density at radius 3 is 1.31 bits per heavy atom. The fourth-order valence-electron chi connectivity index (χ4n) is 3.43. The summed E-state index contributed by atoms with van der Waals surface area (Å²) < 4.78 is 16.5. The van der Waals surface area contributed by atoms with Gasteiger partial charge in [-0.3, -0.25) is 0 Å². The summed E-state index contributed by atoms with van der Waals surface area (Å²) in [7, 11) is 0. The normalized spacial score (nSPS) is 11.0. The van der Waals surface area contributed by atoms with Crippen molar-refractivity contribution in [3.05, 3.63) is 106 Å². The zero-order valence-corrected chi connectivity index (χ0v) is 19.9. The Balaban J connectivity index is 1.83. The van der Waals surface area contributed by atoms with E-state index < -0.39 is 43.3 Å². The molecule has 7 heteroatoms. The van der Waals surface area contributed by atoms with Crippen LogP contribution in [0.25, 0.3) is 0 Å². The van der Waals surface area contributed by atoms with E-state index in [2.05, 4.69) is 0 Å². The highest BCUT2D eigenvalue weighted by Gasteiger charge is 2.39. The smallest absolute Gasteiger partial charge is 0.339 e. The first kappa shape index (κ1) is 25.6. The van der Waals surface area contributed by atoms with E-state index in [0.29, 0.717) is 27.8 Å². The standard InChI is InChI=1S/C28H28O7/c1-19-10-4-7-13-22(19)25(30)33-17-28(16-29,35-27(32)24-15-9-6-12-21(24)3)18-34-26(31)23-14-8-5-11-20(23)2/h4-15,29H,16-18H2,1-3H3. The van der Waals surface area contributed by atoms with Gasteiger partial charge in [0.15, 0.2) is 0 Å². The van der Waals surface area contributed by atoms with E-state index in [4.69, 9.17) is 14.2 Å². The molecule has 0 aromatic heterocycles. The molecule has 0 spiro atoms. The fraction of sp³-hybridized carbons (Fsp3) is 0.250. The summed E-state index contributed by atoms with van der Waals surface area (Å²) in [6, 6.07) is 20.5. The summed E-state index contributed by atoms with van der Waals surface area (Å²) in [5.74, 6) is -2.05. The molecule has 0 amide bonds. The molecule has 0 bridgehead atoms. The van der Waals surface area contributed by atoms with Crippen molar-refractivity contribution in [1.82, 2.24) is 0 Å². The fourth-order valence-corrected chi connectivity index (χ4v) is 3.43. The molecule has 3 aromatic rings. The second-order valence-corrected chi connectivity index (χ2v) is 8.33. The van der Waals surface area contributed by atoms with Crippen molar-refractivity contribution in [1.29, 1.82) is 0 Å². The molecule has 3 aromatic carbocycles. The first-order chi connectivity index (χ1) is 16.8.